The summed E-state index contributed by atoms with van der Waals surface area (Å²) in [4.78, 5) is 12.2. The Bertz CT molecular complexity index is 546. The number of benzene rings is 1. The van der Waals surface area contributed by atoms with Gasteiger partial charge in [0.25, 0.3) is 5.91 Å². The Kier molecular flexibility index (Phi) is 4.63. The maximum absolute atomic E-state index is 12.2. The van der Waals surface area contributed by atoms with Crippen LogP contribution in [0.3, 0.4) is 0 Å². The number of carbonyl (C=O) groups excluding carboxylic acids is 1. The molecule has 0 bridgehead atoms. The van der Waals surface area contributed by atoms with Gasteiger partial charge in [0.05, 0.1) is 11.2 Å². The van der Waals surface area contributed by atoms with Crippen molar-refractivity contribution in [2.45, 2.75) is 38.9 Å². The zero-order valence-electron chi connectivity index (χ0n) is 13.8. The lowest BCUT2D eigenvalue weighted by atomic mass is 9.78. The molecule has 0 unspecified atom stereocenters. The van der Waals surface area contributed by atoms with Crippen molar-refractivity contribution in [2.75, 3.05) is 13.8 Å². The van der Waals surface area contributed by atoms with E-state index < -0.39 is 18.3 Å². The van der Waals surface area contributed by atoms with Crippen LogP contribution in [0, 0.1) is 0 Å². The van der Waals surface area contributed by atoms with E-state index in [-0.39, 0.29) is 12.6 Å². The number of methoxy groups -OCH3 is 1. The topological polar surface area (TPSA) is 74.0 Å². The molecule has 1 aromatic carbocycles. The van der Waals surface area contributed by atoms with E-state index >= 15 is 0 Å². The lowest BCUT2D eigenvalue weighted by Gasteiger charge is -2.32. The van der Waals surface area contributed by atoms with Gasteiger partial charge in [0.1, 0.15) is 6.73 Å². The first-order valence-corrected chi connectivity index (χ1v) is 7.19. The molecule has 22 heavy (non-hydrogen) atoms. The SMILES string of the molecule is COCN(N)C(=O)c1cccc(B2OC(C)(C)C(C)(C)O2)c1. The van der Waals surface area contributed by atoms with Crippen molar-refractivity contribution >= 4 is 18.5 Å². The van der Waals surface area contributed by atoms with Crippen LogP contribution < -0.4 is 11.3 Å². The lowest BCUT2D eigenvalue weighted by Crippen LogP contribution is -2.41. The second kappa shape index (κ2) is 6.00. The van der Waals surface area contributed by atoms with Gasteiger partial charge in [-0.15, -0.1) is 0 Å². The third-order valence-electron chi connectivity index (χ3n) is 4.19. The fraction of sp³-hybridized carbons (Fsp3) is 0.533. The Hall–Kier alpha value is -1.41. The molecule has 1 amide bonds. The normalized spacial score (nSPS) is 19.3. The fourth-order valence-electron chi connectivity index (χ4n) is 2.16. The van der Waals surface area contributed by atoms with E-state index in [9.17, 15) is 4.79 Å². The van der Waals surface area contributed by atoms with Crippen LogP contribution in [0.1, 0.15) is 38.1 Å². The van der Waals surface area contributed by atoms with Crippen LogP contribution in [0.4, 0.5) is 0 Å². The number of nitrogens with two attached hydrogens (primary N) is 1. The van der Waals surface area contributed by atoms with Gasteiger partial charge < -0.3 is 14.0 Å². The van der Waals surface area contributed by atoms with E-state index in [1.807, 2.05) is 33.8 Å². The number of nitrogens with zero attached hydrogens (tertiary/aromatic N) is 1. The highest BCUT2D eigenvalue weighted by Crippen LogP contribution is 2.36. The van der Waals surface area contributed by atoms with Gasteiger partial charge in [-0.3, -0.25) is 9.80 Å². The largest absolute Gasteiger partial charge is 0.494 e. The first kappa shape index (κ1) is 17.0. The number of amides is 1. The van der Waals surface area contributed by atoms with Crippen molar-refractivity contribution in [2.24, 2.45) is 5.84 Å². The highest BCUT2D eigenvalue weighted by molar-refractivity contribution is 6.62. The minimum atomic E-state index is -0.508. The Morgan fingerprint density at radius 2 is 1.86 bits per heavy atom. The van der Waals surface area contributed by atoms with Crippen LogP contribution in [0.2, 0.25) is 0 Å². The minimum absolute atomic E-state index is 0.0273. The Morgan fingerprint density at radius 1 is 1.27 bits per heavy atom. The van der Waals surface area contributed by atoms with Gasteiger partial charge in [0.2, 0.25) is 0 Å². The molecule has 0 atom stereocenters. The maximum Gasteiger partial charge on any atom is 0.494 e. The Morgan fingerprint density at radius 3 is 2.41 bits per heavy atom. The third-order valence-corrected chi connectivity index (χ3v) is 4.19. The summed E-state index contributed by atoms with van der Waals surface area (Å²) in [5.41, 5.74) is 0.406. The number of hydrogen-bond donors (Lipinski definition) is 1. The van der Waals surface area contributed by atoms with E-state index in [1.54, 1.807) is 18.2 Å². The Balaban J connectivity index is 2.21. The van der Waals surface area contributed by atoms with Gasteiger partial charge in [-0.1, -0.05) is 12.1 Å². The quantitative estimate of drug-likeness (QED) is 0.294. The molecule has 1 aliphatic rings. The average molecular weight is 306 g/mol. The third kappa shape index (κ3) is 3.17. The molecule has 0 spiro atoms. The molecule has 0 aromatic heterocycles. The van der Waals surface area contributed by atoms with Crippen molar-refractivity contribution in [3.8, 4) is 0 Å². The van der Waals surface area contributed by atoms with Crippen LogP contribution in [0.25, 0.3) is 0 Å². The van der Waals surface area contributed by atoms with Gasteiger partial charge in [-0.05, 0) is 45.3 Å². The van der Waals surface area contributed by atoms with Gasteiger partial charge in [-0.25, -0.2) is 5.84 Å². The molecule has 0 aliphatic carbocycles. The lowest BCUT2D eigenvalue weighted by molar-refractivity contribution is 0.00578. The summed E-state index contributed by atoms with van der Waals surface area (Å²) in [6.45, 7) is 7.98. The van der Waals surface area contributed by atoms with E-state index in [2.05, 4.69) is 0 Å². The predicted molar refractivity (Wildman–Crippen MR) is 84.4 cm³/mol. The number of carbonyl (C=O) groups is 1. The molecular formula is C15H23BN2O4. The van der Waals surface area contributed by atoms with Crippen molar-refractivity contribution in [3.63, 3.8) is 0 Å². The highest BCUT2D eigenvalue weighted by atomic mass is 16.7. The van der Waals surface area contributed by atoms with E-state index in [0.29, 0.717) is 5.56 Å². The number of ether oxygens (including phenoxy) is 1. The fourth-order valence-corrected chi connectivity index (χ4v) is 2.16. The molecule has 7 heteroatoms. The van der Waals surface area contributed by atoms with E-state index in [0.717, 1.165) is 10.5 Å². The monoisotopic (exact) mass is 306 g/mol. The van der Waals surface area contributed by atoms with Crippen molar-refractivity contribution in [3.05, 3.63) is 29.8 Å². The van der Waals surface area contributed by atoms with Gasteiger partial charge in [-0.2, -0.15) is 0 Å². The first-order valence-electron chi connectivity index (χ1n) is 7.19. The van der Waals surface area contributed by atoms with Gasteiger partial charge >= 0.3 is 7.12 Å². The second-order valence-corrected chi connectivity index (χ2v) is 6.41. The van der Waals surface area contributed by atoms with Crippen LogP contribution in [0.15, 0.2) is 24.3 Å². The maximum atomic E-state index is 12.2. The molecule has 1 aromatic rings. The molecule has 120 valence electrons. The van der Waals surface area contributed by atoms with Gasteiger partial charge in [0.15, 0.2) is 0 Å². The van der Waals surface area contributed by atoms with Crippen LogP contribution in [-0.2, 0) is 14.0 Å². The van der Waals surface area contributed by atoms with E-state index in [4.69, 9.17) is 19.9 Å². The average Bonchev–Trinajstić information content (AvgIpc) is 2.67. The molecule has 1 fully saturated rings. The summed E-state index contributed by atoms with van der Waals surface area (Å²) in [5.74, 6) is 5.33. The zero-order valence-corrected chi connectivity index (χ0v) is 13.8. The van der Waals surface area contributed by atoms with Crippen molar-refractivity contribution < 1.29 is 18.8 Å². The van der Waals surface area contributed by atoms with Crippen LogP contribution >= 0.6 is 0 Å². The van der Waals surface area contributed by atoms with Crippen molar-refractivity contribution in [1.82, 2.24) is 5.01 Å². The minimum Gasteiger partial charge on any atom is -0.399 e. The van der Waals surface area contributed by atoms with Crippen LogP contribution in [-0.4, -0.2) is 43.1 Å². The standard InChI is InChI=1S/C15H23BN2O4/c1-14(2)15(3,4)22-16(21-14)12-8-6-7-11(9-12)13(19)18(17)10-20-5/h6-9H,10,17H2,1-5H3. The Labute approximate surface area is 131 Å². The van der Waals surface area contributed by atoms with E-state index in [1.165, 1.54) is 7.11 Å². The number of rotatable bonds is 4. The summed E-state index contributed by atoms with van der Waals surface area (Å²) in [5, 5.41) is 1.02. The molecule has 0 radical (unpaired) electrons. The molecular weight excluding hydrogens is 283 g/mol. The molecule has 1 heterocycles. The summed E-state index contributed by atoms with van der Waals surface area (Å²) in [6, 6.07) is 7.09. The van der Waals surface area contributed by atoms with Crippen molar-refractivity contribution in [1.29, 1.82) is 0 Å². The summed E-state index contributed by atoms with van der Waals surface area (Å²) < 4.78 is 16.8. The summed E-state index contributed by atoms with van der Waals surface area (Å²) in [6.07, 6.45) is 0. The summed E-state index contributed by atoms with van der Waals surface area (Å²) in [7, 11) is 0.972. The molecule has 2 N–H and O–H groups in total. The molecule has 2 rings (SSSR count). The number of hydrogen-bond acceptors (Lipinski definition) is 5. The van der Waals surface area contributed by atoms with Crippen LogP contribution in [0.5, 0.6) is 0 Å². The molecule has 6 nitrogen and oxygen atoms in total. The van der Waals surface area contributed by atoms with Gasteiger partial charge in [0, 0.05) is 12.7 Å². The highest BCUT2D eigenvalue weighted by Gasteiger charge is 2.51. The smallest absolute Gasteiger partial charge is 0.399 e. The molecule has 1 aliphatic heterocycles. The molecule has 0 saturated carbocycles. The second-order valence-electron chi connectivity index (χ2n) is 6.41. The summed E-state index contributed by atoms with van der Waals surface area (Å²) >= 11 is 0. The first-order chi connectivity index (χ1) is 10.2. The predicted octanol–water partition coefficient (Wildman–Crippen LogP) is 0.906. The molecule has 1 saturated heterocycles. The number of hydrazine groups is 1. The zero-order chi connectivity index (χ0) is 16.5.